The second-order valence-electron chi connectivity index (χ2n) is 6.19. The van der Waals surface area contributed by atoms with Crippen LogP contribution in [-0.4, -0.2) is 30.6 Å². The fourth-order valence-corrected chi connectivity index (χ4v) is 2.56. The fourth-order valence-electron chi connectivity index (χ4n) is 2.45. The summed E-state index contributed by atoms with van der Waals surface area (Å²) in [6, 6.07) is 2.02. The molecule has 7 nitrogen and oxygen atoms in total. The van der Waals surface area contributed by atoms with Crippen LogP contribution in [0, 0.1) is 0 Å². The molecule has 1 N–H and O–H groups in total. The Kier molecular flexibility index (Phi) is 5.89. The van der Waals surface area contributed by atoms with Gasteiger partial charge in [0.15, 0.2) is 11.6 Å². The van der Waals surface area contributed by atoms with Crippen LogP contribution in [0.4, 0.5) is 26.3 Å². The highest BCUT2D eigenvalue weighted by atomic mass is 35.5. The second-order valence-corrected chi connectivity index (χ2v) is 6.63. The van der Waals surface area contributed by atoms with Crippen LogP contribution >= 0.6 is 11.6 Å². The van der Waals surface area contributed by atoms with Gasteiger partial charge in [-0.05, 0) is 25.1 Å². The van der Waals surface area contributed by atoms with Crippen molar-refractivity contribution >= 4 is 17.5 Å². The Morgan fingerprint density at radius 2 is 1.81 bits per heavy atom. The Morgan fingerprint density at radius 3 is 2.39 bits per heavy atom. The first-order valence-corrected chi connectivity index (χ1v) is 8.73. The van der Waals surface area contributed by atoms with Crippen LogP contribution < -0.4 is 5.32 Å². The Morgan fingerprint density at radius 1 is 1.10 bits per heavy atom. The van der Waals surface area contributed by atoms with Gasteiger partial charge in [0.2, 0.25) is 0 Å². The average Bonchev–Trinajstić information content (AvgIpc) is 3.14. The molecule has 1 atom stereocenters. The van der Waals surface area contributed by atoms with Gasteiger partial charge in [0.1, 0.15) is 0 Å². The van der Waals surface area contributed by atoms with Crippen molar-refractivity contribution < 1.29 is 31.1 Å². The van der Waals surface area contributed by atoms with Gasteiger partial charge in [-0.15, -0.1) is 5.10 Å². The molecule has 0 saturated heterocycles. The van der Waals surface area contributed by atoms with Crippen LogP contribution in [0.2, 0.25) is 5.02 Å². The molecule has 3 aromatic heterocycles. The maximum atomic E-state index is 13.1. The largest absolute Gasteiger partial charge is 0.453 e. The molecule has 0 fully saturated rings. The number of aromatic nitrogens is 5. The summed E-state index contributed by atoms with van der Waals surface area (Å²) < 4.78 is 78.6. The molecule has 0 spiro atoms. The van der Waals surface area contributed by atoms with Crippen LogP contribution in [0.25, 0.3) is 5.82 Å². The predicted molar refractivity (Wildman–Crippen MR) is 94.3 cm³/mol. The maximum Gasteiger partial charge on any atom is 0.453 e. The van der Waals surface area contributed by atoms with Crippen molar-refractivity contribution in [3.8, 4) is 5.82 Å². The molecular formula is C17H11ClF6N6O. The van der Waals surface area contributed by atoms with E-state index in [9.17, 15) is 31.1 Å². The monoisotopic (exact) mass is 464 g/mol. The Bertz CT molecular complexity index is 1100. The van der Waals surface area contributed by atoms with E-state index in [1.165, 1.54) is 25.3 Å². The third-order valence-electron chi connectivity index (χ3n) is 3.88. The van der Waals surface area contributed by atoms with E-state index in [-0.39, 0.29) is 16.7 Å². The highest BCUT2D eigenvalue weighted by molar-refractivity contribution is 6.30. The van der Waals surface area contributed by atoms with Gasteiger partial charge in [-0.25, -0.2) is 9.97 Å². The number of hydrogen-bond donors (Lipinski definition) is 1. The van der Waals surface area contributed by atoms with Gasteiger partial charge < -0.3 is 5.32 Å². The highest BCUT2D eigenvalue weighted by Gasteiger charge is 2.38. The van der Waals surface area contributed by atoms with E-state index < -0.39 is 41.3 Å². The van der Waals surface area contributed by atoms with Gasteiger partial charge in [-0.1, -0.05) is 11.6 Å². The minimum atomic E-state index is -4.89. The molecule has 0 aliphatic carbocycles. The molecule has 0 aromatic carbocycles. The van der Waals surface area contributed by atoms with Crippen molar-refractivity contribution in [2.24, 2.45) is 0 Å². The smallest absolute Gasteiger partial charge is 0.342 e. The molecule has 3 rings (SSSR count). The van der Waals surface area contributed by atoms with Crippen LogP contribution in [0.3, 0.4) is 0 Å². The Labute approximate surface area is 175 Å². The van der Waals surface area contributed by atoms with Crippen LogP contribution in [0.15, 0.2) is 36.8 Å². The van der Waals surface area contributed by atoms with Crippen LogP contribution in [-0.2, 0) is 12.4 Å². The lowest BCUT2D eigenvalue weighted by Gasteiger charge is -2.15. The van der Waals surface area contributed by atoms with E-state index in [1.54, 1.807) is 0 Å². The summed E-state index contributed by atoms with van der Waals surface area (Å²) in [5.74, 6) is -2.90. The zero-order chi connectivity index (χ0) is 23.0. The minimum absolute atomic E-state index is 0.0655. The summed E-state index contributed by atoms with van der Waals surface area (Å²) in [4.78, 5) is 23.1. The van der Waals surface area contributed by atoms with Crippen LogP contribution in [0.1, 0.15) is 40.5 Å². The van der Waals surface area contributed by atoms with Gasteiger partial charge in [0, 0.05) is 18.6 Å². The Balaban J connectivity index is 1.94. The number of alkyl halides is 6. The lowest BCUT2D eigenvalue weighted by atomic mass is 10.2. The van der Waals surface area contributed by atoms with E-state index in [4.69, 9.17) is 11.6 Å². The molecule has 0 aliphatic heterocycles. The van der Waals surface area contributed by atoms with Crippen molar-refractivity contribution in [3.05, 3.63) is 64.6 Å². The summed E-state index contributed by atoms with van der Waals surface area (Å²) >= 11 is 5.73. The minimum Gasteiger partial charge on any atom is -0.342 e. The van der Waals surface area contributed by atoms with Crippen molar-refractivity contribution in [2.45, 2.75) is 25.3 Å². The third kappa shape index (κ3) is 5.10. The van der Waals surface area contributed by atoms with Gasteiger partial charge in [-0.3, -0.25) is 9.78 Å². The first kappa shape index (κ1) is 22.5. The lowest BCUT2D eigenvalue weighted by Crippen LogP contribution is -2.29. The van der Waals surface area contributed by atoms with Gasteiger partial charge >= 0.3 is 12.4 Å². The zero-order valence-electron chi connectivity index (χ0n) is 15.3. The summed E-state index contributed by atoms with van der Waals surface area (Å²) in [7, 11) is 0. The summed E-state index contributed by atoms with van der Waals surface area (Å²) in [5.41, 5.74) is -1.59. The molecule has 164 valence electrons. The molecule has 0 unspecified atom stereocenters. The van der Waals surface area contributed by atoms with E-state index in [0.717, 1.165) is 10.9 Å². The van der Waals surface area contributed by atoms with E-state index in [0.29, 0.717) is 12.3 Å². The quantitative estimate of drug-likeness (QED) is 0.584. The van der Waals surface area contributed by atoms with E-state index in [1.807, 2.05) is 0 Å². The normalized spacial score (nSPS) is 13.2. The van der Waals surface area contributed by atoms with Crippen molar-refractivity contribution in [1.29, 1.82) is 0 Å². The standard InChI is InChI=1S/C17H11ClF6N6O/c1-8(27-14(31)9-4-10(6-25-5-9)16(19,20)21)13-28-15(17(22,23)24)29-30(13)12-3-2-11(18)7-26-12/h2-8H,1H3,(H,27,31)/t8-/m0/s1. The van der Waals surface area contributed by atoms with Crippen molar-refractivity contribution in [1.82, 2.24) is 30.0 Å². The molecular weight excluding hydrogens is 454 g/mol. The van der Waals surface area contributed by atoms with Gasteiger partial charge in [0.05, 0.1) is 22.2 Å². The number of halogens is 7. The first-order valence-electron chi connectivity index (χ1n) is 8.35. The molecule has 0 radical (unpaired) electrons. The molecule has 3 heterocycles. The first-order chi connectivity index (χ1) is 14.4. The molecule has 31 heavy (non-hydrogen) atoms. The SMILES string of the molecule is C[C@H](NC(=O)c1cncc(C(F)(F)F)c1)c1nc(C(F)(F)F)nn1-c1ccc(Cl)cn1. The number of carbonyl (C=O) groups is 1. The molecule has 1 amide bonds. The molecule has 0 saturated carbocycles. The highest BCUT2D eigenvalue weighted by Crippen LogP contribution is 2.30. The number of nitrogens with one attached hydrogen (secondary N) is 1. The average molecular weight is 465 g/mol. The number of rotatable bonds is 4. The molecule has 3 aromatic rings. The summed E-state index contributed by atoms with van der Waals surface area (Å²) in [6.07, 6.45) is -7.01. The number of pyridine rings is 2. The van der Waals surface area contributed by atoms with Gasteiger partial charge in [-0.2, -0.15) is 31.0 Å². The molecule has 0 aliphatic rings. The predicted octanol–water partition coefficient (Wildman–Crippen LogP) is 4.24. The van der Waals surface area contributed by atoms with Crippen molar-refractivity contribution in [3.63, 3.8) is 0 Å². The molecule has 0 bridgehead atoms. The molecule has 14 heteroatoms. The van der Waals surface area contributed by atoms with E-state index in [2.05, 4.69) is 25.4 Å². The van der Waals surface area contributed by atoms with Gasteiger partial charge in [0.25, 0.3) is 11.7 Å². The lowest BCUT2D eigenvalue weighted by molar-refractivity contribution is -0.145. The number of amides is 1. The Hall–Kier alpha value is -3.22. The van der Waals surface area contributed by atoms with Crippen molar-refractivity contribution in [2.75, 3.05) is 0 Å². The third-order valence-corrected chi connectivity index (χ3v) is 4.10. The summed E-state index contributed by atoms with van der Waals surface area (Å²) in [5, 5.41) is 5.90. The summed E-state index contributed by atoms with van der Waals surface area (Å²) in [6.45, 7) is 1.29. The number of hydrogen-bond acceptors (Lipinski definition) is 5. The zero-order valence-corrected chi connectivity index (χ0v) is 16.1. The fraction of sp³-hybridized carbons (Fsp3) is 0.235. The second kappa shape index (κ2) is 8.13. The maximum absolute atomic E-state index is 13.1. The van der Waals surface area contributed by atoms with E-state index >= 15 is 0 Å². The number of nitrogens with zero attached hydrogens (tertiary/aromatic N) is 5. The topological polar surface area (TPSA) is 85.6 Å². The number of carbonyl (C=O) groups excluding carboxylic acids is 1. The van der Waals surface area contributed by atoms with Crippen LogP contribution in [0.5, 0.6) is 0 Å².